The quantitative estimate of drug-likeness (QED) is 0.900. The molecule has 0 radical (unpaired) electrons. The normalized spacial score (nSPS) is 20.9. The van der Waals surface area contributed by atoms with Gasteiger partial charge in [-0.3, -0.25) is 0 Å². The smallest absolute Gasteiger partial charge is 0.137 e. The molecule has 5 heteroatoms. The van der Waals surface area contributed by atoms with Gasteiger partial charge in [0.15, 0.2) is 0 Å². The molecule has 1 fully saturated rings. The first-order valence-electron chi connectivity index (χ1n) is 7.02. The van der Waals surface area contributed by atoms with Gasteiger partial charge < -0.3 is 15.1 Å². The van der Waals surface area contributed by atoms with E-state index in [4.69, 9.17) is 0 Å². The fraction of sp³-hybridized carbons (Fsp3) is 0.714. The highest BCUT2D eigenvalue weighted by Crippen LogP contribution is 2.32. The lowest BCUT2D eigenvalue weighted by Gasteiger charge is -2.40. The Labute approximate surface area is 116 Å². The fourth-order valence-corrected chi connectivity index (χ4v) is 2.80. The van der Waals surface area contributed by atoms with E-state index in [0.29, 0.717) is 12.0 Å². The Balaban J connectivity index is 2.38. The first kappa shape index (κ1) is 14.1. The van der Waals surface area contributed by atoms with Gasteiger partial charge in [-0.25, -0.2) is 9.97 Å². The number of likely N-dealkylation sites (N-methyl/N-ethyl adjacent to an activating group) is 1. The van der Waals surface area contributed by atoms with Crippen molar-refractivity contribution in [2.24, 2.45) is 0 Å². The van der Waals surface area contributed by atoms with Crippen LogP contribution in [0.2, 0.25) is 0 Å². The molecule has 0 spiro atoms. The Morgan fingerprint density at radius 3 is 2.63 bits per heavy atom. The number of nitrogens with one attached hydrogen (secondary N) is 1. The van der Waals surface area contributed by atoms with Crippen LogP contribution in [0.15, 0.2) is 6.33 Å². The highest BCUT2D eigenvalue weighted by molar-refractivity contribution is 5.60. The Bertz CT molecular complexity index is 432. The number of aromatic nitrogens is 2. The van der Waals surface area contributed by atoms with E-state index in [9.17, 15) is 0 Å². The van der Waals surface area contributed by atoms with Gasteiger partial charge in [0.05, 0.1) is 0 Å². The summed E-state index contributed by atoms with van der Waals surface area (Å²) in [5.74, 6) is 2.45. The average molecular weight is 263 g/mol. The van der Waals surface area contributed by atoms with Gasteiger partial charge in [-0.15, -0.1) is 0 Å². The van der Waals surface area contributed by atoms with Crippen LogP contribution in [0.4, 0.5) is 11.6 Å². The molecule has 19 heavy (non-hydrogen) atoms. The molecular weight excluding hydrogens is 238 g/mol. The Morgan fingerprint density at radius 2 is 2.05 bits per heavy atom. The van der Waals surface area contributed by atoms with E-state index in [2.05, 4.69) is 52.9 Å². The van der Waals surface area contributed by atoms with Crippen LogP contribution in [-0.2, 0) is 0 Å². The van der Waals surface area contributed by atoms with E-state index < -0.39 is 0 Å². The molecule has 1 aromatic rings. The maximum absolute atomic E-state index is 4.56. The minimum atomic E-state index is 0.408. The van der Waals surface area contributed by atoms with Crippen molar-refractivity contribution in [3.63, 3.8) is 0 Å². The summed E-state index contributed by atoms with van der Waals surface area (Å²) < 4.78 is 0. The van der Waals surface area contributed by atoms with Crippen LogP contribution in [0.5, 0.6) is 0 Å². The van der Waals surface area contributed by atoms with Gasteiger partial charge in [-0.1, -0.05) is 13.8 Å². The number of hydrogen-bond acceptors (Lipinski definition) is 5. The summed E-state index contributed by atoms with van der Waals surface area (Å²) in [5, 5.41) is 3.19. The summed E-state index contributed by atoms with van der Waals surface area (Å²) in [5.41, 5.74) is 1.22. The minimum Gasteiger partial charge on any atom is -0.373 e. The first-order valence-corrected chi connectivity index (χ1v) is 7.02. The van der Waals surface area contributed by atoms with E-state index >= 15 is 0 Å². The maximum Gasteiger partial charge on any atom is 0.137 e. The summed E-state index contributed by atoms with van der Waals surface area (Å²) >= 11 is 0. The number of hydrogen-bond donors (Lipinski definition) is 1. The standard InChI is InChI=1S/C14H25N5/c1-10(2)12-13(15-4)16-9-17-14(12)19-7-6-18(5)8-11(19)3/h9-11H,6-8H2,1-5H3,(H,15,16,17). The van der Waals surface area contributed by atoms with Gasteiger partial charge in [0.2, 0.25) is 0 Å². The van der Waals surface area contributed by atoms with Crippen LogP contribution in [0, 0.1) is 0 Å². The molecular formula is C14H25N5. The van der Waals surface area contributed by atoms with E-state index in [-0.39, 0.29) is 0 Å². The second-order valence-corrected chi connectivity index (χ2v) is 5.67. The van der Waals surface area contributed by atoms with Crippen molar-refractivity contribution < 1.29 is 0 Å². The molecule has 2 heterocycles. The summed E-state index contributed by atoms with van der Waals surface area (Å²) in [6, 6.07) is 0.482. The van der Waals surface area contributed by atoms with Gasteiger partial charge in [-0.05, 0) is 19.9 Å². The molecule has 1 aliphatic rings. The first-order chi connectivity index (χ1) is 9.04. The van der Waals surface area contributed by atoms with Crippen molar-refractivity contribution in [3.05, 3.63) is 11.9 Å². The molecule has 0 aromatic carbocycles. The molecule has 0 aliphatic carbocycles. The SMILES string of the molecule is CNc1ncnc(N2CCN(C)CC2C)c1C(C)C. The van der Waals surface area contributed by atoms with Crippen LogP contribution in [0.3, 0.4) is 0 Å². The molecule has 0 saturated carbocycles. The zero-order chi connectivity index (χ0) is 14.0. The van der Waals surface area contributed by atoms with E-state index in [1.807, 2.05) is 7.05 Å². The molecule has 1 aliphatic heterocycles. The Kier molecular flexibility index (Phi) is 4.24. The van der Waals surface area contributed by atoms with E-state index in [0.717, 1.165) is 31.3 Å². The van der Waals surface area contributed by atoms with E-state index in [1.54, 1.807) is 6.33 Å². The van der Waals surface area contributed by atoms with Crippen LogP contribution in [-0.4, -0.2) is 54.6 Å². The molecule has 0 amide bonds. The van der Waals surface area contributed by atoms with Crippen molar-refractivity contribution in [2.45, 2.75) is 32.7 Å². The monoisotopic (exact) mass is 263 g/mol. The lowest BCUT2D eigenvalue weighted by Crippen LogP contribution is -2.51. The summed E-state index contributed by atoms with van der Waals surface area (Å²) in [6.07, 6.45) is 1.66. The minimum absolute atomic E-state index is 0.408. The molecule has 1 N–H and O–H groups in total. The molecule has 1 atom stereocenters. The Morgan fingerprint density at radius 1 is 1.32 bits per heavy atom. The maximum atomic E-state index is 4.56. The predicted octanol–water partition coefficient (Wildman–Crippen LogP) is 1.78. The van der Waals surface area contributed by atoms with E-state index in [1.165, 1.54) is 5.56 Å². The van der Waals surface area contributed by atoms with Crippen LogP contribution in [0.1, 0.15) is 32.3 Å². The largest absolute Gasteiger partial charge is 0.373 e. The molecule has 1 aromatic heterocycles. The second-order valence-electron chi connectivity index (χ2n) is 5.67. The number of nitrogens with zero attached hydrogens (tertiary/aromatic N) is 4. The van der Waals surface area contributed by atoms with Crippen molar-refractivity contribution >= 4 is 11.6 Å². The molecule has 1 saturated heterocycles. The van der Waals surface area contributed by atoms with Gasteiger partial charge in [-0.2, -0.15) is 0 Å². The van der Waals surface area contributed by atoms with Crippen molar-refractivity contribution in [3.8, 4) is 0 Å². The van der Waals surface area contributed by atoms with Gasteiger partial charge in [0, 0.05) is 38.3 Å². The second kappa shape index (κ2) is 5.74. The lowest BCUT2D eigenvalue weighted by molar-refractivity contribution is 0.274. The molecule has 2 rings (SSSR count). The van der Waals surface area contributed by atoms with Gasteiger partial charge in [0.1, 0.15) is 18.0 Å². The fourth-order valence-electron chi connectivity index (χ4n) is 2.80. The molecule has 5 nitrogen and oxygen atoms in total. The lowest BCUT2D eigenvalue weighted by atomic mass is 10.0. The number of piperazine rings is 1. The predicted molar refractivity (Wildman–Crippen MR) is 80.0 cm³/mol. The highest BCUT2D eigenvalue weighted by Gasteiger charge is 2.26. The highest BCUT2D eigenvalue weighted by atomic mass is 15.3. The summed E-state index contributed by atoms with van der Waals surface area (Å²) in [7, 11) is 4.10. The zero-order valence-electron chi connectivity index (χ0n) is 12.6. The summed E-state index contributed by atoms with van der Waals surface area (Å²) in [6.45, 7) is 9.85. The third-order valence-corrected chi connectivity index (χ3v) is 3.78. The van der Waals surface area contributed by atoms with Gasteiger partial charge >= 0.3 is 0 Å². The van der Waals surface area contributed by atoms with Crippen LogP contribution < -0.4 is 10.2 Å². The van der Waals surface area contributed by atoms with Gasteiger partial charge in [0.25, 0.3) is 0 Å². The van der Waals surface area contributed by atoms with Crippen molar-refractivity contribution in [2.75, 3.05) is 43.9 Å². The third kappa shape index (κ3) is 2.81. The zero-order valence-corrected chi connectivity index (χ0v) is 12.6. The van der Waals surface area contributed by atoms with Crippen LogP contribution >= 0.6 is 0 Å². The van der Waals surface area contributed by atoms with Crippen LogP contribution in [0.25, 0.3) is 0 Å². The topological polar surface area (TPSA) is 44.3 Å². The molecule has 1 unspecified atom stereocenters. The molecule has 0 bridgehead atoms. The summed E-state index contributed by atoms with van der Waals surface area (Å²) in [4.78, 5) is 13.7. The molecule has 106 valence electrons. The number of rotatable bonds is 3. The number of anilines is 2. The van der Waals surface area contributed by atoms with Crippen molar-refractivity contribution in [1.82, 2.24) is 14.9 Å². The Hall–Kier alpha value is -1.36. The third-order valence-electron chi connectivity index (χ3n) is 3.78. The average Bonchev–Trinajstić information content (AvgIpc) is 2.37. The van der Waals surface area contributed by atoms with Crippen molar-refractivity contribution in [1.29, 1.82) is 0 Å².